The largest absolute Gasteiger partial charge is 0.493 e. The number of nitrogens with one attached hydrogen (secondary N) is 1. The Kier molecular flexibility index (Phi) is 8.53. The Labute approximate surface area is 194 Å². The molecule has 0 amide bonds. The van der Waals surface area contributed by atoms with Crippen molar-refractivity contribution in [3.05, 3.63) is 62.9 Å². The number of sulfone groups is 1. The highest BCUT2D eigenvalue weighted by Gasteiger charge is 2.34. The zero-order chi connectivity index (χ0) is 23.9. The molecule has 1 saturated carbocycles. The fourth-order valence-corrected chi connectivity index (χ4v) is 6.06. The SMILES string of the molecule is CCC(CC)(CS(=O)(=O)CCCOCn1ccc(=O)[nH]c1=O)c1cccc(OCC2CC2)c1. The predicted octanol–water partition coefficient (Wildman–Crippen LogP) is 2.86. The molecule has 0 saturated heterocycles. The van der Waals surface area contributed by atoms with Crippen LogP contribution in [-0.4, -0.2) is 42.7 Å². The highest BCUT2D eigenvalue weighted by Crippen LogP contribution is 2.36. The van der Waals surface area contributed by atoms with E-state index in [0.29, 0.717) is 25.2 Å². The van der Waals surface area contributed by atoms with Crippen LogP contribution in [0.4, 0.5) is 0 Å². The molecule has 1 heterocycles. The third-order valence-electron chi connectivity index (χ3n) is 6.35. The van der Waals surface area contributed by atoms with Gasteiger partial charge in [-0.05, 0) is 55.7 Å². The number of aromatic amines is 1. The van der Waals surface area contributed by atoms with Crippen LogP contribution >= 0.6 is 0 Å². The van der Waals surface area contributed by atoms with Crippen LogP contribution in [0.1, 0.15) is 51.5 Å². The molecule has 1 aromatic carbocycles. The van der Waals surface area contributed by atoms with E-state index in [0.717, 1.165) is 17.9 Å². The molecule has 0 aliphatic heterocycles. The standard InChI is InChI=1S/C24H34N2O6S/c1-3-24(4-2,20-7-5-8-21(15-20)32-16-19-9-10-19)17-33(29,30)14-6-13-31-18-26-12-11-22(27)25-23(26)28/h5,7-8,11-12,15,19H,3-4,6,9-10,13-14,16-18H2,1-2H3,(H,25,27,28). The van der Waals surface area contributed by atoms with Gasteiger partial charge < -0.3 is 9.47 Å². The first-order valence-electron chi connectivity index (χ1n) is 11.6. The van der Waals surface area contributed by atoms with E-state index in [2.05, 4.69) is 4.98 Å². The van der Waals surface area contributed by atoms with Gasteiger partial charge in [-0.2, -0.15) is 0 Å². The average molecular weight is 479 g/mol. The van der Waals surface area contributed by atoms with Crippen molar-refractivity contribution in [3.8, 4) is 5.75 Å². The lowest BCUT2D eigenvalue weighted by atomic mass is 9.77. The summed E-state index contributed by atoms with van der Waals surface area (Å²) in [6, 6.07) is 9.10. The second-order valence-electron chi connectivity index (χ2n) is 8.83. The van der Waals surface area contributed by atoms with E-state index in [1.54, 1.807) is 0 Å². The molecular weight excluding hydrogens is 444 g/mol. The molecule has 0 spiro atoms. The molecule has 0 radical (unpaired) electrons. The summed E-state index contributed by atoms with van der Waals surface area (Å²) in [7, 11) is -3.34. The predicted molar refractivity (Wildman–Crippen MR) is 127 cm³/mol. The van der Waals surface area contributed by atoms with Crippen molar-refractivity contribution in [2.75, 3.05) is 24.7 Å². The number of ether oxygens (including phenoxy) is 2. The minimum absolute atomic E-state index is 0.00709. The molecule has 9 heteroatoms. The first-order chi connectivity index (χ1) is 15.8. The van der Waals surface area contributed by atoms with Crippen LogP contribution in [0.25, 0.3) is 0 Å². The van der Waals surface area contributed by atoms with Gasteiger partial charge in [0, 0.05) is 24.3 Å². The van der Waals surface area contributed by atoms with E-state index in [4.69, 9.17) is 9.47 Å². The second-order valence-corrected chi connectivity index (χ2v) is 11.0. The number of benzene rings is 1. The second kappa shape index (κ2) is 11.2. The van der Waals surface area contributed by atoms with Gasteiger partial charge in [0.2, 0.25) is 0 Å². The molecule has 8 nitrogen and oxygen atoms in total. The van der Waals surface area contributed by atoms with Gasteiger partial charge in [-0.3, -0.25) is 14.3 Å². The quantitative estimate of drug-likeness (QED) is 0.419. The van der Waals surface area contributed by atoms with Crippen LogP contribution in [0.2, 0.25) is 0 Å². The molecule has 1 N–H and O–H groups in total. The topological polar surface area (TPSA) is 107 Å². The van der Waals surface area contributed by atoms with Gasteiger partial charge >= 0.3 is 5.69 Å². The normalized spacial score (nSPS) is 14.4. The van der Waals surface area contributed by atoms with Gasteiger partial charge in [-0.25, -0.2) is 13.2 Å². The van der Waals surface area contributed by atoms with E-state index < -0.39 is 26.5 Å². The molecule has 0 bridgehead atoms. The lowest BCUT2D eigenvalue weighted by Gasteiger charge is -2.32. The summed E-state index contributed by atoms with van der Waals surface area (Å²) in [5.41, 5.74) is -0.508. The maximum absolute atomic E-state index is 13.0. The van der Waals surface area contributed by atoms with Gasteiger partial charge in [0.15, 0.2) is 9.84 Å². The maximum Gasteiger partial charge on any atom is 0.330 e. The Morgan fingerprint density at radius 3 is 2.58 bits per heavy atom. The zero-order valence-corrected chi connectivity index (χ0v) is 20.2. The van der Waals surface area contributed by atoms with Crippen molar-refractivity contribution < 1.29 is 17.9 Å². The van der Waals surface area contributed by atoms with Crippen LogP contribution < -0.4 is 16.0 Å². The maximum atomic E-state index is 13.0. The van der Waals surface area contributed by atoms with Crippen molar-refractivity contribution in [1.29, 1.82) is 0 Å². The minimum Gasteiger partial charge on any atom is -0.493 e. The Hall–Kier alpha value is -2.39. The van der Waals surface area contributed by atoms with Crippen LogP contribution in [0.3, 0.4) is 0 Å². The molecule has 0 atom stereocenters. The summed E-state index contributed by atoms with van der Waals surface area (Å²) in [4.78, 5) is 24.9. The van der Waals surface area contributed by atoms with Crippen molar-refractivity contribution >= 4 is 9.84 Å². The van der Waals surface area contributed by atoms with Gasteiger partial charge in [-0.15, -0.1) is 0 Å². The van der Waals surface area contributed by atoms with Crippen molar-refractivity contribution in [1.82, 2.24) is 9.55 Å². The molecule has 3 rings (SSSR count). The molecular formula is C24H34N2O6S. The van der Waals surface area contributed by atoms with Gasteiger partial charge in [0.05, 0.1) is 18.1 Å². The van der Waals surface area contributed by atoms with E-state index in [9.17, 15) is 18.0 Å². The number of hydrogen-bond acceptors (Lipinski definition) is 6. The highest BCUT2D eigenvalue weighted by atomic mass is 32.2. The number of nitrogens with zero attached hydrogens (tertiary/aromatic N) is 1. The first-order valence-corrected chi connectivity index (χ1v) is 13.4. The number of rotatable bonds is 14. The fraction of sp³-hybridized carbons (Fsp3) is 0.583. The average Bonchev–Trinajstić information content (AvgIpc) is 3.62. The first kappa shape index (κ1) is 25.2. The smallest absolute Gasteiger partial charge is 0.330 e. The fourth-order valence-electron chi connectivity index (χ4n) is 3.94. The van der Waals surface area contributed by atoms with Crippen LogP contribution in [-0.2, 0) is 26.7 Å². The van der Waals surface area contributed by atoms with Crippen LogP contribution in [0.15, 0.2) is 46.1 Å². The number of hydrogen-bond donors (Lipinski definition) is 1. The van der Waals surface area contributed by atoms with Crippen molar-refractivity contribution in [2.24, 2.45) is 5.92 Å². The summed E-state index contributed by atoms with van der Waals surface area (Å²) in [6.07, 6.45) is 5.53. The summed E-state index contributed by atoms with van der Waals surface area (Å²) < 4.78 is 38.5. The monoisotopic (exact) mass is 478 g/mol. The van der Waals surface area contributed by atoms with Gasteiger partial charge in [0.25, 0.3) is 5.56 Å². The molecule has 1 aliphatic rings. The molecule has 1 aromatic heterocycles. The molecule has 1 fully saturated rings. The molecule has 0 unspecified atom stereocenters. The summed E-state index contributed by atoms with van der Waals surface area (Å²) >= 11 is 0. The van der Waals surface area contributed by atoms with Crippen molar-refractivity contribution in [2.45, 2.75) is 58.1 Å². The third-order valence-corrected chi connectivity index (χ3v) is 8.25. The van der Waals surface area contributed by atoms with E-state index in [1.165, 1.54) is 29.7 Å². The van der Waals surface area contributed by atoms with Crippen LogP contribution in [0.5, 0.6) is 5.75 Å². The Balaban J connectivity index is 1.56. The number of aromatic nitrogens is 2. The van der Waals surface area contributed by atoms with Gasteiger partial charge in [0.1, 0.15) is 12.5 Å². The van der Waals surface area contributed by atoms with E-state index >= 15 is 0 Å². The Morgan fingerprint density at radius 2 is 1.91 bits per heavy atom. The number of H-pyrrole nitrogens is 1. The third kappa shape index (κ3) is 7.30. The molecule has 182 valence electrons. The summed E-state index contributed by atoms with van der Waals surface area (Å²) in [6.45, 7) is 4.93. The van der Waals surface area contributed by atoms with E-state index in [1.807, 2.05) is 38.1 Å². The molecule has 2 aromatic rings. The lowest BCUT2D eigenvalue weighted by molar-refractivity contribution is 0.0745. The molecule has 1 aliphatic carbocycles. The molecule has 33 heavy (non-hydrogen) atoms. The minimum atomic E-state index is -3.34. The highest BCUT2D eigenvalue weighted by molar-refractivity contribution is 7.91. The Bertz CT molecular complexity index is 1130. The van der Waals surface area contributed by atoms with Gasteiger partial charge in [-0.1, -0.05) is 26.0 Å². The zero-order valence-electron chi connectivity index (χ0n) is 19.4. The van der Waals surface area contributed by atoms with E-state index in [-0.39, 0.29) is 24.8 Å². The Morgan fingerprint density at radius 1 is 1.15 bits per heavy atom. The van der Waals surface area contributed by atoms with Crippen LogP contribution in [0, 0.1) is 5.92 Å². The lowest BCUT2D eigenvalue weighted by Crippen LogP contribution is -2.35. The van der Waals surface area contributed by atoms with Crippen molar-refractivity contribution in [3.63, 3.8) is 0 Å². The summed E-state index contributed by atoms with van der Waals surface area (Å²) in [5.74, 6) is 1.53. The summed E-state index contributed by atoms with van der Waals surface area (Å²) in [5, 5.41) is 0.